The summed E-state index contributed by atoms with van der Waals surface area (Å²) in [6, 6.07) is 5.23. The number of hydrogen-bond donors (Lipinski definition) is 1. The van der Waals surface area contributed by atoms with E-state index in [0.29, 0.717) is 23.2 Å². The minimum absolute atomic E-state index is 0.107. The highest BCUT2D eigenvalue weighted by Gasteiger charge is 2.09. The molecule has 19 heavy (non-hydrogen) atoms. The zero-order valence-corrected chi connectivity index (χ0v) is 11.9. The van der Waals surface area contributed by atoms with Gasteiger partial charge in [0.05, 0.1) is 7.11 Å². The highest BCUT2D eigenvalue weighted by atomic mass is 16.5. The Morgan fingerprint density at radius 2 is 2.21 bits per heavy atom. The lowest BCUT2D eigenvalue weighted by molar-refractivity contribution is 0.237. The summed E-state index contributed by atoms with van der Waals surface area (Å²) >= 11 is 0. The van der Waals surface area contributed by atoms with Crippen molar-refractivity contribution in [3.63, 3.8) is 0 Å². The second kappa shape index (κ2) is 6.11. The normalized spacial score (nSPS) is 16.3. The van der Waals surface area contributed by atoms with E-state index in [-0.39, 0.29) is 6.04 Å². The first-order valence-electron chi connectivity index (χ1n) is 8.59. The molecular weight excluding hydrogens is 236 g/mol. The SMILES string of the molecule is [2H]C([2H])(c1c[nH]c2ccc(OC)cc12)C([2H])([2H])N(CC)C(C)C. The number of nitrogens with zero attached hydrogens (tertiary/aromatic N) is 1. The molecule has 1 heterocycles. The molecule has 0 saturated heterocycles. The maximum atomic E-state index is 8.51. The lowest BCUT2D eigenvalue weighted by atomic mass is 10.1. The third-order valence-corrected chi connectivity index (χ3v) is 3.19. The number of ether oxygens (including phenoxy) is 1. The van der Waals surface area contributed by atoms with Crippen LogP contribution in [0.5, 0.6) is 5.75 Å². The highest BCUT2D eigenvalue weighted by Crippen LogP contribution is 2.24. The number of likely N-dealkylation sites (N-methyl/N-ethyl adjacent to an activating group) is 1. The van der Waals surface area contributed by atoms with Crippen LogP contribution in [0.1, 0.15) is 31.8 Å². The van der Waals surface area contributed by atoms with E-state index in [1.165, 1.54) is 4.90 Å². The van der Waals surface area contributed by atoms with Crippen LogP contribution in [0.15, 0.2) is 24.4 Å². The molecule has 104 valence electrons. The van der Waals surface area contributed by atoms with Crippen molar-refractivity contribution in [1.29, 1.82) is 0 Å². The van der Waals surface area contributed by atoms with Crippen LogP contribution >= 0.6 is 0 Å². The molecule has 1 aromatic heterocycles. The molecule has 3 nitrogen and oxygen atoms in total. The molecule has 2 aromatic rings. The number of H-pyrrole nitrogens is 1. The molecule has 0 bridgehead atoms. The van der Waals surface area contributed by atoms with E-state index >= 15 is 0 Å². The fourth-order valence-electron chi connectivity index (χ4n) is 2.04. The van der Waals surface area contributed by atoms with Crippen molar-refractivity contribution >= 4 is 10.9 Å². The van der Waals surface area contributed by atoms with Crippen molar-refractivity contribution < 1.29 is 10.2 Å². The molecule has 1 N–H and O–H groups in total. The number of hydrogen-bond acceptors (Lipinski definition) is 2. The standard InChI is InChI=1S/C16H24N2O/c1-5-18(12(2)3)9-8-13-11-17-16-7-6-14(19-4)10-15(13)16/h6-7,10-12,17H,5,8-9H2,1-4H3/i8D2,9D2. The summed E-state index contributed by atoms with van der Waals surface area (Å²) in [6.07, 6.45) is -0.631. The summed E-state index contributed by atoms with van der Waals surface area (Å²) in [7, 11) is 1.55. The molecule has 0 aliphatic rings. The van der Waals surface area contributed by atoms with E-state index in [1.54, 1.807) is 25.4 Å². The smallest absolute Gasteiger partial charge is 0.119 e. The highest BCUT2D eigenvalue weighted by molar-refractivity contribution is 5.84. The Kier molecular flexibility index (Phi) is 3.03. The molecule has 0 amide bonds. The first-order valence-corrected chi connectivity index (χ1v) is 6.59. The number of methoxy groups -OCH3 is 1. The molecule has 0 atom stereocenters. The number of aryl methyl sites for hydroxylation is 1. The Morgan fingerprint density at radius 1 is 1.42 bits per heavy atom. The van der Waals surface area contributed by atoms with Crippen molar-refractivity contribution in [2.24, 2.45) is 0 Å². The monoisotopic (exact) mass is 264 g/mol. The maximum absolute atomic E-state index is 8.51. The van der Waals surface area contributed by atoms with Crippen LogP contribution in [0, 0.1) is 0 Å². The van der Waals surface area contributed by atoms with Gasteiger partial charge in [-0.2, -0.15) is 0 Å². The molecule has 1 aromatic carbocycles. The Hall–Kier alpha value is -1.48. The molecule has 0 aliphatic carbocycles. The van der Waals surface area contributed by atoms with E-state index in [4.69, 9.17) is 10.2 Å². The average molecular weight is 264 g/mol. The van der Waals surface area contributed by atoms with Gasteiger partial charge in [0.15, 0.2) is 0 Å². The van der Waals surface area contributed by atoms with Crippen LogP contribution in [-0.4, -0.2) is 36.1 Å². The van der Waals surface area contributed by atoms with Crippen LogP contribution in [0.25, 0.3) is 10.9 Å². The largest absolute Gasteiger partial charge is 0.497 e. The minimum Gasteiger partial charge on any atom is -0.497 e. The predicted octanol–water partition coefficient (Wildman–Crippen LogP) is 3.45. The number of aromatic nitrogens is 1. The zero-order chi connectivity index (χ0) is 17.4. The van der Waals surface area contributed by atoms with E-state index in [2.05, 4.69) is 4.98 Å². The quantitative estimate of drug-likeness (QED) is 0.865. The summed E-state index contributed by atoms with van der Waals surface area (Å²) in [6.45, 7) is 3.86. The molecule has 0 aliphatic heterocycles. The van der Waals surface area contributed by atoms with E-state index in [0.717, 1.165) is 5.52 Å². The molecule has 0 fully saturated rings. The van der Waals surface area contributed by atoms with Crippen LogP contribution in [-0.2, 0) is 6.37 Å². The van der Waals surface area contributed by atoms with E-state index in [1.807, 2.05) is 26.8 Å². The molecular formula is C16H24N2O. The second-order valence-electron chi connectivity index (χ2n) is 4.73. The molecule has 0 saturated carbocycles. The summed E-state index contributed by atoms with van der Waals surface area (Å²) < 4.78 is 39.1. The molecule has 0 radical (unpaired) electrons. The van der Waals surface area contributed by atoms with Crippen molar-refractivity contribution in [3.05, 3.63) is 30.0 Å². The summed E-state index contributed by atoms with van der Waals surface area (Å²) in [5, 5.41) is 0.637. The predicted molar refractivity (Wildman–Crippen MR) is 80.9 cm³/mol. The summed E-state index contributed by atoms with van der Waals surface area (Å²) in [5.74, 6) is 0.617. The van der Waals surface area contributed by atoms with Crippen LogP contribution in [0.4, 0.5) is 0 Å². The number of fused-ring (bicyclic) bond motifs is 1. The second-order valence-corrected chi connectivity index (χ2v) is 4.73. The van der Waals surface area contributed by atoms with Gasteiger partial charge in [-0.25, -0.2) is 0 Å². The summed E-state index contributed by atoms with van der Waals surface area (Å²) in [4.78, 5) is 4.56. The van der Waals surface area contributed by atoms with Crippen molar-refractivity contribution in [2.45, 2.75) is 33.2 Å². The van der Waals surface area contributed by atoms with Gasteiger partial charge in [-0.1, -0.05) is 6.92 Å². The lowest BCUT2D eigenvalue weighted by Crippen LogP contribution is -2.32. The van der Waals surface area contributed by atoms with Gasteiger partial charge < -0.3 is 14.6 Å². The van der Waals surface area contributed by atoms with Crippen molar-refractivity contribution in [2.75, 3.05) is 20.2 Å². The van der Waals surface area contributed by atoms with Crippen LogP contribution < -0.4 is 4.74 Å². The van der Waals surface area contributed by atoms with E-state index < -0.39 is 12.9 Å². The van der Waals surface area contributed by atoms with Gasteiger partial charge in [0.25, 0.3) is 0 Å². The van der Waals surface area contributed by atoms with Gasteiger partial charge in [-0.05, 0) is 50.5 Å². The van der Waals surface area contributed by atoms with Gasteiger partial charge in [0.1, 0.15) is 5.75 Å². The molecule has 3 heteroatoms. The molecule has 0 spiro atoms. The van der Waals surface area contributed by atoms with Gasteiger partial charge >= 0.3 is 0 Å². The Bertz CT molecular complexity index is 682. The molecule has 0 unspecified atom stereocenters. The van der Waals surface area contributed by atoms with Gasteiger partial charge in [-0.15, -0.1) is 0 Å². The zero-order valence-electron chi connectivity index (χ0n) is 15.9. The fraction of sp³-hybridized carbons (Fsp3) is 0.500. The third-order valence-electron chi connectivity index (χ3n) is 3.19. The maximum Gasteiger partial charge on any atom is 0.119 e. The van der Waals surface area contributed by atoms with Crippen molar-refractivity contribution in [1.82, 2.24) is 9.88 Å². The lowest BCUT2D eigenvalue weighted by Gasteiger charge is -2.24. The van der Waals surface area contributed by atoms with Gasteiger partial charge in [-0.3, -0.25) is 0 Å². The fourth-order valence-corrected chi connectivity index (χ4v) is 2.04. The first-order chi connectivity index (χ1) is 10.7. The van der Waals surface area contributed by atoms with Gasteiger partial charge in [0.2, 0.25) is 0 Å². The molecule has 2 rings (SSSR count). The Balaban J connectivity index is 2.58. The van der Waals surface area contributed by atoms with E-state index in [9.17, 15) is 0 Å². The number of nitrogens with one attached hydrogen (secondary N) is 1. The number of aromatic amines is 1. The van der Waals surface area contributed by atoms with Gasteiger partial charge in [0, 0.05) is 35.1 Å². The minimum atomic E-state index is -2.18. The van der Waals surface area contributed by atoms with Crippen LogP contribution in [0.3, 0.4) is 0 Å². The topological polar surface area (TPSA) is 28.3 Å². The van der Waals surface area contributed by atoms with Crippen LogP contribution in [0.2, 0.25) is 0 Å². The Labute approximate surface area is 121 Å². The average Bonchev–Trinajstić information content (AvgIpc) is 2.90. The van der Waals surface area contributed by atoms with Crippen molar-refractivity contribution in [3.8, 4) is 5.75 Å². The Morgan fingerprint density at radius 3 is 2.84 bits per heavy atom. The number of rotatable bonds is 6. The number of benzene rings is 1. The third kappa shape index (κ3) is 3.10. The first kappa shape index (κ1) is 9.43. The summed E-state index contributed by atoms with van der Waals surface area (Å²) in [5.41, 5.74) is 1.06.